The Morgan fingerprint density at radius 1 is 1.47 bits per heavy atom. The van der Waals surface area contributed by atoms with Crippen LogP contribution in [0.3, 0.4) is 0 Å². The van der Waals surface area contributed by atoms with Crippen molar-refractivity contribution >= 4 is 11.8 Å². The topological polar surface area (TPSA) is 57.3 Å². The van der Waals surface area contributed by atoms with E-state index < -0.39 is 5.82 Å². The van der Waals surface area contributed by atoms with E-state index in [-0.39, 0.29) is 12.1 Å². The normalized spacial score (nSPS) is 11.8. The summed E-state index contributed by atoms with van der Waals surface area (Å²) in [6.45, 7) is 6.67. The van der Waals surface area contributed by atoms with E-state index in [1.165, 1.54) is 12.1 Å². The van der Waals surface area contributed by atoms with Crippen molar-refractivity contribution in [3.8, 4) is 0 Å². The number of carbonyl (C=O) groups is 1. The third-order valence-electron chi connectivity index (χ3n) is 2.86. The summed E-state index contributed by atoms with van der Waals surface area (Å²) in [6.07, 6.45) is 3.07. The molecule has 5 nitrogen and oxygen atoms in total. The first-order valence-electron chi connectivity index (χ1n) is 6.52. The molecule has 0 radical (unpaired) electrons. The number of anilines is 1. The first kappa shape index (κ1) is 15.2. The molecule has 1 aromatic rings. The molecule has 0 aliphatic heterocycles. The van der Waals surface area contributed by atoms with Crippen LogP contribution in [0.15, 0.2) is 18.3 Å². The maximum Gasteiger partial charge on any atom is 0.336 e. The predicted molar refractivity (Wildman–Crippen MR) is 73.1 cm³/mol. The number of rotatable bonds is 6. The lowest BCUT2D eigenvalue weighted by Gasteiger charge is -2.28. The van der Waals surface area contributed by atoms with Gasteiger partial charge < -0.3 is 4.90 Å². The number of halogens is 1. The molecule has 2 amide bonds. The van der Waals surface area contributed by atoms with Gasteiger partial charge in [0.1, 0.15) is 11.6 Å². The smallest absolute Gasteiger partial charge is 0.321 e. The number of hydrogen-bond donors (Lipinski definition) is 2. The molecule has 0 bridgehead atoms. The number of hydrazine groups is 1. The SMILES string of the molecule is CCC[C@H](C)N(CC)C(=O)NNc1ccc(F)cn1. The van der Waals surface area contributed by atoms with Crippen molar-refractivity contribution in [2.24, 2.45) is 0 Å². The number of amides is 2. The van der Waals surface area contributed by atoms with E-state index in [2.05, 4.69) is 22.8 Å². The molecule has 0 aliphatic rings. The van der Waals surface area contributed by atoms with Crippen LogP contribution < -0.4 is 10.9 Å². The predicted octanol–water partition coefficient (Wildman–Crippen LogP) is 2.77. The third-order valence-corrected chi connectivity index (χ3v) is 2.86. The van der Waals surface area contributed by atoms with Crippen LogP contribution >= 0.6 is 0 Å². The summed E-state index contributed by atoms with van der Waals surface area (Å²) in [4.78, 5) is 17.5. The molecule has 0 aliphatic carbocycles. The van der Waals surface area contributed by atoms with Crippen molar-refractivity contribution in [2.75, 3.05) is 12.0 Å². The standard InChI is InChI=1S/C13H21FN4O/c1-4-6-10(3)18(5-2)13(19)17-16-12-8-7-11(14)9-15-12/h7-10H,4-6H2,1-3H3,(H,15,16)(H,17,19)/t10-/m0/s1. The molecular weight excluding hydrogens is 247 g/mol. The number of pyridine rings is 1. The van der Waals surface area contributed by atoms with Crippen molar-refractivity contribution < 1.29 is 9.18 Å². The third kappa shape index (κ3) is 4.73. The highest BCUT2D eigenvalue weighted by Crippen LogP contribution is 2.07. The first-order valence-corrected chi connectivity index (χ1v) is 6.52. The molecule has 1 rings (SSSR count). The number of aromatic nitrogens is 1. The van der Waals surface area contributed by atoms with Crippen molar-refractivity contribution in [2.45, 2.75) is 39.7 Å². The average Bonchev–Trinajstić information content (AvgIpc) is 2.39. The summed E-state index contributed by atoms with van der Waals surface area (Å²) in [6, 6.07) is 2.70. The number of carbonyl (C=O) groups excluding carboxylic acids is 1. The van der Waals surface area contributed by atoms with Gasteiger partial charge in [0, 0.05) is 12.6 Å². The van der Waals surface area contributed by atoms with Gasteiger partial charge in [-0.3, -0.25) is 10.9 Å². The molecule has 106 valence electrons. The van der Waals surface area contributed by atoms with E-state index in [1.54, 1.807) is 4.90 Å². The molecule has 0 aromatic carbocycles. The molecule has 0 saturated carbocycles. The van der Waals surface area contributed by atoms with Gasteiger partial charge in [0.15, 0.2) is 0 Å². The zero-order chi connectivity index (χ0) is 14.3. The Morgan fingerprint density at radius 2 is 2.21 bits per heavy atom. The maximum absolute atomic E-state index is 12.7. The summed E-state index contributed by atoms with van der Waals surface area (Å²) in [5, 5.41) is 0. The second-order valence-corrected chi connectivity index (χ2v) is 4.34. The fraction of sp³-hybridized carbons (Fsp3) is 0.538. The van der Waals surface area contributed by atoms with Crippen LogP contribution in [0.25, 0.3) is 0 Å². The summed E-state index contributed by atoms with van der Waals surface area (Å²) >= 11 is 0. The Labute approximate surface area is 113 Å². The van der Waals surface area contributed by atoms with Crippen molar-refractivity contribution in [1.29, 1.82) is 0 Å². The summed E-state index contributed by atoms with van der Waals surface area (Å²) in [7, 11) is 0. The second-order valence-electron chi connectivity index (χ2n) is 4.34. The molecule has 1 atom stereocenters. The minimum atomic E-state index is -0.413. The molecule has 0 spiro atoms. The van der Waals surface area contributed by atoms with Gasteiger partial charge in [-0.2, -0.15) is 0 Å². The van der Waals surface area contributed by atoms with Gasteiger partial charge in [0.05, 0.1) is 6.20 Å². The van der Waals surface area contributed by atoms with Crippen LogP contribution in [0.1, 0.15) is 33.6 Å². The summed E-state index contributed by atoms with van der Waals surface area (Å²) < 4.78 is 12.7. The molecule has 2 N–H and O–H groups in total. The van der Waals surface area contributed by atoms with Crippen LogP contribution in [-0.2, 0) is 0 Å². The Morgan fingerprint density at radius 3 is 2.74 bits per heavy atom. The lowest BCUT2D eigenvalue weighted by atomic mass is 10.2. The van der Waals surface area contributed by atoms with Crippen LogP contribution in [0, 0.1) is 5.82 Å². The molecule has 6 heteroatoms. The lowest BCUT2D eigenvalue weighted by Crippen LogP contribution is -2.46. The van der Waals surface area contributed by atoms with Crippen LogP contribution in [0.2, 0.25) is 0 Å². The van der Waals surface area contributed by atoms with Crippen LogP contribution in [-0.4, -0.2) is 28.5 Å². The molecule has 0 fully saturated rings. The Bertz CT molecular complexity index is 396. The molecule has 0 unspecified atom stereocenters. The quantitative estimate of drug-likeness (QED) is 0.780. The fourth-order valence-corrected chi connectivity index (χ4v) is 1.87. The van der Waals surface area contributed by atoms with Gasteiger partial charge in [0.25, 0.3) is 0 Å². The monoisotopic (exact) mass is 268 g/mol. The van der Waals surface area contributed by atoms with Gasteiger partial charge in [0.2, 0.25) is 0 Å². The second kappa shape index (κ2) is 7.56. The zero-order valence-corrected chi connectivity index (χ0v) is 11.6. The lowest BCUT2D eigenvalue weighted by molar-refractivity contribution is 0.181. The number of nitrogens with zero attached hydrogens (tertiary/aromatic N) is 2. The van der Waals surface area contributed by atoms with E-state index in [0.29, 0.717) is 12.4 Å². The number of nitrogens with one attached hydrogen (secondary N) is 2. The van der Waals surface area contributed by atoms with E-state index >= 15 is 0 Å². The van der Waals surface area contributed by atoms with Crippen molar-refractivity contribution in [3.63, 3.8) is 0 Å². The number of urea groups is 1. The Hall–Kier alpha value is -1.85. The van der Waals surface area contributed by atoms with Gasteiger partial charge in [-0.25, -0.2) is 14.2 Å². The highest BCUT2D eigenvalue weighted by atomic mass is 19.1. The summed E-state index contributed by atoms with van der Waals surface area (Å²) in [5.74, 6) is -0.0161. The fourth-order valence-electron chi connectivity index (χ4n) is 1.87. The van der Waals surface area contributed by atoms with Gasteiger partial charge in [-0.1, -0.05) is 13.3 Å². The van der Waals surface area contributed by atoms with E-state index in [4.69, 9.17) is 0 Å². The minimum Gasteiger partial charge on any atom is -0.321 e. The number of hydrogen-bond acceptors (Lipinski definition) is 3. The highest BCUT2D eigenvalue weighted by molar-refractivity contribution is 5.75. The van der Waals surface area contributed by atoms with Gasteiger partial charge in [-0.15, -0.1) is 0 Å². The van der Waals surface area contributed by atoms with E-state index in [9.17, 15) is 9.18 Å². The Kier molecular flexibility index (Phi) is 6.05. The zero-order valence-electron chi connectivity index (χ0n) is 11.6. The van der Waals surface area contributed by atoms with Crippen molar-refractivity contribution in [1.82, 2.24) is 15.3 Å². The van der Waals surface area contributed by atoms with Crippen LogP contribution in [0.5, 0.6) is 0 Å². The van der Waals surface area contributed by atoms with Crippen LogP contribution in [0.4, 0.5) is 15.0 Å². The molecule has 1 heterocycles. The largest absolute Gasteiger partial charge is 0.336 e. The molecule has 1 aromatic heterocycles. The molecule has 19 heavy (non-hydrogen) atoms. The molecular formula is C13H21FN4O. The van der Waals surface area contributed by atoms with Gasteiger partial charge >= 0.3 is 6.03 Å². The highest BCUT2D eigenvalue weighted by Gasteiger charge is 2.17. The first-order chi connectivity index (χ1) is 9.08. The van der Waals surface area contributed by atoms with E-state index in [0.717, 1.165) is 19.0 Å². The Balaban J connectivity index is 2.50. The van der Waals surface area contributed by atoms with Gasteiger partial charge in [-0.05, 0) is 32.4 Å². The maximum atomic E-state index is 12.7. The summed E-state index contributed by atoms with van der Waals surface area (Å²) in [5.41, 5.74) is 5.23. The van der Waals surface area contributed by atoms with Crippen molar-refractivity contribution in [3.05, 3.63) is 24.1 Å². The van der Waals surface area contributed by atoms with E-state index in [1.807, 2.05) is 13.8 Å². The minimum absolute atomic E-state index is 0.179. The molecule has 0 saturated heterocycles. The average molecular weight is 268 g/mol.